The lowest BCUT2D eigenvalue weighted by atomic mass is 10.2. The first kappa shape index (κ1) is 19.2. The molecule has 0 aromatic heterocycles. The van der Waals surface area contributed by atoms with Gasteiger partial charge in [-0.3, -0.25) is 19.7 Å². The highest BCUT2D eigenvalue weighted by Crippen LogP contribution is 2.30. The Morgan fingerprint density at radius 3 is 1.96 bits per heavy atom. The Labute approximate surface area is 148 Å². The molecular formula is C15H9ClF3N3O4. The number of rotatable bonds is 3. The molecular weight excluding hydrogens is 379 g/mol. The van der Waals surface area contributed by atoms with Gasteiger partial charge in [-0.15, -0.1) is 0 Å². The van der Waals surface area contributed by atoms with Gasteiger partial charge in [0.15, 0.2) is 0 Å². The van der Waals surface area contributed by atoms with Gasteiger partial charge in [-0.1, -0.05) is 11.6 Å². The van der Waals surface area contributed by atoms with Crippen LogP contribution in [0.1, 0.15) is 5.56 Å². The number of nitro benzene ring substituents is 1. The third-order valence-corrected chi connectivity index (χ3v) is 3.40. The van der Waals surface area contributed by atoms with Crippen molar-refractivity contribution in [1.82, 2.24) is 0 Å². The minimum atomic E-state index is -4.52. The van der Waals surface area contributed by atoms with Crippen LogP contribution >= 0.6 is 11.6 Å². The summed E-state index contributed by atoms with van der Waals surface area (Å²) in [7, 11) is 0. The molecule has 0 saturated carbocycles. The largest absolute Gasteiger partial charge is 0.416 e. The first-order chi connectivity index (χ1) is 12.1. The molecule has 2 N–H and O–H groups in total. The number of nitrogens with zero attached hydrogens (tertiary/aromatic N) is 1. The van der Waals surface area contributed by atoms with E-state index in [1.165, 1.54) is 12.1 Å². The number of amides is 2. The third-order valence-electron chi connectivity index (χ3n) is 3.08. The molecule has 0 radical (unpaired) electrons. The highest BCUT2D eigenvalue weighted by Gasteiger charge is 2.30. The fourth-order valence-corrected chi connectivity index (χ4v) is 2.04. The van der Waals surface area contributed by atoms with Gasteiger partial charge in [0.2, 0.25) is 0 Å². The second-order valence-electron chi connectivity index (χ2n) is 4.91. The molecule has 0 fully saturated rings. The van der Waals surface area contributed by atoms with E-state index in [0.29, 0.717) is 0 Å². The molecule has 0 heterocycles. The summed E-state index contributed by atoms with van der Waals surface area (Å²) < 4.78 is 37.4. The van der Waals surface area contributed by atoms with Gasteiger partial charge in [0.05, 0.1) is 10.5 Å². The standard InChI is InChI=1S/C15H9ClF3N3O4/c16-11-6-5-10(7-12(11)22(25)26)21-14(24)13(23)20-9-3-1-8(2-4-9)15(17,18)19/h1-7H,(H,20,23)(H,21,24). The second-order valence-corrected chi connectivity index (χ2v) is 5.31. The maximum absolute atomic E-state index is 12.5. The molecule has 0 bridgehead atoms. The van der Waals surface area contributed by atoms with Crippen LogP contribution in [-0.2, 0) is 15.8 Å². The number of carbonyl (C=O) groups is 2. The summed E-state index contributed by atoms with van der Waals surface area (Å²) in [6.45, 7) is 0. The Hall–Kier alpha value is -3.14. The molecule has 2 aromatic carbocycles. The van der Waals surface area contributed by atoms with E-state index in [9.17, 15) is 32.9 Å². The van der Waals surface area contributed by atoms with E-state index in [2.05, 4.69) is 10.6 Å². The minimum absolute atomic E-state index is 0.0276. The number of hydrogen-bond donors (Lipinski definition) is 2. The molecule has 26 heavy (non-hydrogen) atoms. The number of hydrogen-bond acceptors (Lipinski definition) is 4. The van der Waals surface area contributed by atoms with Gasteiger partial charge in [0, 0.05) is 17.4 Å². The Bertz CT molecular complexity index is 869. The minimum Gasteiger partial charge on any atom is -0.318 e. The number of carbonyl (C=O) groups excluding carboxylic acids is 2. The quantitative estimate of drug-likeness (QED) is 0.474. The average Bonchev–Trinajstić information content (AvgIpc) is 2.56. The zero-order valence-electron chi connectivity index (χ0n) is 12.6. The summed E-state index contributed by atoms with van der Waals surface area (Å²) in [6, 6.07) is 6.85. The SMILES string of the molecule is O=C(Nc1ccc(C(F)(F)F)cc1)C(=O)Nc1ccc(Cl)c([N+](=O)[O-])c1. The molecule has 0 aliphatic heterocycles. The predicted octanol–water partition coefficient (Wildman–Crippen LogP) is 3.84. The number of nitro groups is 1. The third kappa shape index (κ3) is 4.70. The highest BCUT2D eigenvalue weighted by atomic mass is 35.5. The van der Waals surface area contributed by atoms with Crippen molar-refractivity contribution in [2.75, 3.05) is 10.6 Å². The molecule has 0 atom stereocenters. The smallest absolute Gasteiger partial charge is 0.318 e. The Balaban J connectivity index is 2.05. The zero-order valence-corrected chi connectivity index (χ0v) is 13.4. The fourth-order valence-electron chi connectivity index (χ4n) is 1.85. The molecule has 7 nitrogen and oxygen atoms in total. The topological polar surface area (TPSA) is 101 Å². The van der Waals surface area contributed by atoms with Crippen molar-refractivity contribution in [2.45, 2.75) is 6.18 Å². The van der Waals surface area contributed by atoms with Gasteiger partial charge < -0.3 is 10.6 Å². The maximum atomic E-state index is 12.5. The van der Waals surface area contributed by atoms with Gasteiger partial charge in [-0.2, -0.15) is 13.2 Å². The lowest BCUT2D eigenvalue weighted by Crippen LogP contribution is -2.29. The number of alkyl halides is 3. The van der Waals surface area contributed by atoms with E-state index < -0.39 is 34.2 Å². The van der Waals surface area contributed by atoms with Crippen LogP contribution in [0.25, 0.3) is 0 Å². The highest BCUT2D eigenvalue weighted by molar-refractivity contribution is 6.43. The molecule has 136 valence electrons. The lowest BCUT2D eigenvalue weighted by Gasteiger charge is -2.09. The van der Waals surface area contributed by atoms with Crippen molar-refractivity contribution in [3.8, 4) is 0 Å². The van der Waals surface area contributed by atoms with Crippen LogP contribution in [0.15, 0.2) is 42.5 Å². The molecule has 0 spiro atoms. The number of halogens is 4. The predicted molar refractivity (Wildman–Crippen MR) is 86.8 cm³/mol. The van der Waals surface area contributed by atoms with Crippen molar-refractivity contribution in [3.63, 3.8) is 0 Å². The van der Waals surface area contributed by atoms with Gasteiger partial charge in [-0.05, 0) is 36.4 Å². The summed E-state index contributed by atoms with van der Waals surface area (Å²) in [5, 5.41) is 14.9. The average molecular weight is 388 g/mol. The number of benzene rings is 2. The van der Waals surface area contributed by atoms with Crippen molar-refractivity contribution in [1.29, 1.82) is 0 Å². The lowest BCUT2D eigenvalue weighted by molar-refractivity contribution is -0.384. The molecule has 11 heteroatoms. The van der Waals surface area contributed by atoms with Crippen molar-refractivity contribution in [2.24, 2.45) is 0 Å². The van der Waals surface area contributed by atoms with Crippen molar-refractivity contribution >= 4 is 40.5 Å². The fraction of sp³-hybridized carbons (Fsp3) is 0.0667. The van der Waals surface area contributed by atoms with Crippen LogP contribution in [0, 0.1) is 10.1 Å². The molecule has 0 unspecified atom stereocenters. The van der Waals surface area contributed by atoms with Gasteiger partial charge in [-0.25, -0.2) is 0 Å². The first-order valence-electron chi connectivity index (χ1n) is 6.81. The summed E-state index contributed by atoms with van der Waals surface area (Å²) >= 11 is 5.63. The van der Waals surface area contributed by atoms with E-state index in [-0.39, 0.29) is 16.4 Å². The zero-order chi connectivity index (χ0) is 19.5. The van der Waals surface area contributed by atoms with E-state index >= 15 is 0 Å². The number of anilines is 2. The molecule has 2 aromatic rings. The van der Waals surface area contributed by atoms with Crippen LogP contribution in [0.5, 0.6) is 0 Å². The van der Waals surface area contributed by atoms with Gasteiger partial charge >= 0.3 is 18.0 Å². The van der Waals surface area contributed by atoms with E-state index in [4.69, 9.17) is 11.6 Å². The summed E-state index contributed by atoms with van der Waals surface area (Å²) in [5.41, 5.74) is -1.45. The van der Waals surface area contributed by atoms with Gasteiger partial charge in [0.1, 0.15) is 5.02 Å². The normalized spacial score (nSPS) is 10.9. The second kappa shape index (κ2) is 7.40. The van der Waals surface area contributed by atoms with E-state index in [1.54, 1.807) is 0 Å². The Morgan fingerprint density at radius 2 is 1.46 bits per heavy atom. The van der Waals surface area contributed by atoms with Gasteiger partial charge in [0.25, 0.3) is 5.69 Å². The summed E-state index contributed by atoms with van der Waals surface area (Å²) in [6.07, 6.45) is -4.52. The van der Waals surface area contributed by atoms with E-state index in [0.717, 1.165) is 30.3 Å². The van der Waals surface area contributed by atoms with Crippen LogP contribution in [0.3, 0.4) is 0 Å². The monoisotopic (exact) mass is 387 g/mol. The molecule has 0 aliphatic rings. The van der Waals surface area contributed by atoms with Crippen molar-refractivity contribution < 1.29 is 27.7 Å². The van der Waals surface area contributed by atoms with Crippen LogP contribution < -0.4 is 10.6 Å². The summed E-state index contributed by atoms with van der Waals surface area (Å²) in [5.74, 6) is -2.33. The molecule has 2 amide bonds. The number of nitrogens with one attached hydrogen (secondary N) is 2. The van der Waals surface area contributed by atoms with Crippen LogP contribution in [-0.4, -0.2) is 16.7 Å². The molecule has 0 saturated heterocycles. The molecule has 0 aliphatic carbocycles. The summed E-state index contributed by atoms with van der Waals surface area (Å²) in [4.78, 5) is 33.6. The first-order valence-corrected chi connectivity index (χ1v) is 7.19. The maximum Gasteiger partial charge on any atom is 0.416 e. The molecule has 2 rings (SSSR count). The van der Waals surface area contributed by atoms with Crippen LogP contribution in [0.4, 0.5) is 30.2 Å². The van der Waals surface area contributed by atoms with E-state index in [1.807, 2.05) is 0 Å². The Kier molecular flexibility index (Phi) is 5.46. The Morgan fingerprint density at radius 1 is 0.962 bits per heavy atom. The van der Waals surface area contributed by atoms with Crippen molar-refractivity contribution in [3.05, 3.63) is 63.2 Å². The van der Waals surface area contributed by atoms with Crippen LogP contribution in [0.2, 0.25) is 5.02 Å².